The lowest BCUT2D eigenvalue weighted by atomic mass is 9.86. The highest BCUT2D eigenvalue weighted by Gasteiger charge is 2.39. The fraction of sp³-hybridized carbons (Fsp3) is 0.450. The van der Waals surface area contributed by atoms with Gasteiger partial charge in [-0.15, -0.1) is 11.3 Å². The van der Waals surface area contributed by atoms with Crippen molar-refractivity contribution in [3.05, 3.63) is 51.2 Å². The number of thiophene rings is 1. The van der Waals surface area contributed by atoms with Crippen LogP contribution in [-0.4, -0.2) is 30.4 Å². The fourth-order valence-corrected chi connectivity index (χ4v) is 6.23. The van der Waals surface area contributed by atoms with E-state index in [9.17, 15) is 13.2 Å². The largest absolute Gasteiger partial charge is 0.288 e. The van der Waals surface area contributed by atoms with E-state index in [1.165, 1.54) is 15.6 Å². The summed E-state index contributed by atoms with van der Waals surface area (Å²) in [6, 6.07) is 8.72. The second-order valence-electron chi connectivity index (χ2n) is 8.84. The Morgan fingerprint density at radius 2 is 1.82 bits per heavy atom. The molecule has 1 aromatic heterocycles. The Bertz CT molecular complexity index is 1000. The van der Waals surface area contributed by atoms with Gasteiger partial charge in [0.1, 0.15) is 0 Å². The first-order valence-corrected chi connectivity index (χ1v) is 11.3. The molecule has 0 atom stereocenters. The number of hydrogen-bond acceptors (Lipinski definition) is 5. The van der Waals surface area contributed by atoms with Crippen LogP contribution in [0.1, 0.15) is 60.3 Å². The second kappa shape index (κ2) is 6.95. The van der Waals surface area contributed by atoms with E-state index in [2.05, 4.69) is 20.8 Å². The predicted molar refractivity (Wildman–Crippen MR) is 109 cm³/mol. The molecule has 1 aliphatic rings. The first-order valence-electron chi connectivity index (χ1n) is 9.04. The molecule has 152 valence electrons. The third kappa shape index (κ3) is 3.74. The minimum absolute atomic E-state index is 0.0509. The number of fused-ring (bicyclic) bond motifs is 1. The van der Waals surface area contributed by atoms with Crippen molar-refractivity contribution in [2.24, 2.45) is 0 Å². The summed E-state index contributed by atoms with van der Waals surface area (Å²) < 4.78 is 28.0. The molecule has 28 heavy (non-hydrogen) atoms. The molecule has 8 heteroatoms. The van der Waals surface area contributed by atoms with Crippen molar-refractivity contribution in [2.45, 2.75) is 56.9 Å². The van der Waals surface area contributed by atoms with E-state index in [4.69, 9.17) is 5.21 Å². The number of nitrogens with one attached hydrogen (secondary N) is 1. The van der Waals surface area contributed by atoms with Crippen LogP contribution >= 0.6 is 11.3 Å². The van der Waals surface area contributed by atoms with Gasteiger partial charge in [-0.05, 0) is 34.7 Å². The standard InChI is InChI=1S/C20H26N2O4S2/c1-19(2,3)14-6-8-15(9-7-14)28(25,26)22-11-13-10-16(18(23)21-24)27-17(13)20(4,5)12-22/h6-10,24H,11-12H2,1-5H3,(H,21,23). The van der Waals surface area contributed by atoms with Gasteiger partial charge in [-0.3, -0.25) is 10.0 Å². The number of benzene rings is 1. The molecule has 3 rings (SSSR count). The normalized spacial score (nSPS) is 17.2. The van der Waals surface area contributed by atoms with Crippen LogP contribution in [0.5, 0.6) is 0 Å². The average Bonchev–Trinajstić information content (AvgIpc) is 3.05. The van der Waals surface area contributed by atoms with E-state index in [1.54, 1.807) is 23.7 Å². The highest BCUT2D eigenvalue weighted by Crippen LogP contribution is 2.41. The van der Waals surface area contributed by atoms with Crippen LogP contribution in [0, 0.1) is 0 Å². The van der Waals surface area contributed by atoms with E-state index in [-0.39, 0.29) is 16.9 Å². The van der Waals surface area contributed by atoms with Gasteiger partial charge < -0.3 is 0 Å². The van der Waals surface area contributed by atoms with Crippen LogP contribution in [0.4, 0.5) is 0 Å². The number of rotatable bonds is 3. The maximum absolute atomic E-state index is 13.3. The lowest BCUT2D eigenvalue weighted by Gasteiger charge is -2.37. The summed E-state index contributed by atoms with van der Waals surface area (Å²) in [7, 11) is -3.67. The Morgan fingerprint density at radius 3 is 2.36 bits per heavy atom. The Hall–Kier alpha value is -1.74. The molecule has 2 heterocycles. The second-order valence-corrected chi connectivity index (χ2v) is 11.8. The highest BCUT2D eigenvalue weighted by atomic mass is 32.2. The molecular formula is C20H26N2O4S2. The van der Waals surface area contributed by atoms with Crippen LogP contribution in [-0.2, 0) is 27.4 Å². The lowest BCUT2D eigenvalue weighted by molar-refractivity contribution is 0.0711. The maximum atomic E-state index is 13.3. The zero-order valence-electron chi connectivity index (χ0n) is 16.7. The Morgan fingerprint density at radius 1 is 1.21 bits per heavy atom. The van der Waals surface area contributed by atoms with Gasteiger partial charge in [0.2, 0.25) is 10.0 Å². The molecule has 6 nitrogen and oxygen atoms in total. The van der Waals surface area contributed by atoms with Crippen molar-refractivity contribution in [1.29, 1.82) is 0 Å². The molecule has 0 aliphatic carbocycles. The molecule has 0 bridgehead atoms. The Labute approximate surface area is 170 Å². The molecule has 1 aliphatic heterocycles. The monoisotopic (exact) mass is 422 g/mol. The third-order valence-corrected chi connectivity index (χ3v) is 8.37. The SMILES string of the molecule is CC(C)(C)c1ccc(S(=O)(=O)N2Cc3cc(C(=O)NO)sc3C(C)(C)C2)cc1. The summed E-state index contributed by atoms with van der Waals surface area (Å²) in [6.07, 6.45) is 0. The van der Waals surface area contributed by atoms with Gasteiger partial charge >= 0.3 is 0 Å². The molecule has 2 aromatic rings. The topological polar surface area (TPSA) is 86.7 Å². The summed E-state index contributed by atoms with van der Waals surface area (Å²) in [6.45, 7) is 10.7. The minimum Gasteiger partial charge on any atom is -0.288 e. The molecule has 0 unspecified atom stereocenters. The van der Waals surface area contributed by atoms with Crippen LogP contribution in [0.15, 0.2) is 35.2 Å². The van der Waals surface area contributed by atoms with Crippen LogP contribution in [0.25, 0.3) is 0 Å². The van der Waals surface area contributed by atoms with Crippen LogP contribution in [0.3, 0.4) is 0 Å². The van der Waals surface area contributed by atoms with Gasteiger partial charge in [0.05, 0.1) is 9.77 Å². The summed E-state index contributed by atoms with van der Waals surface area (Å²) in [5.74, 6) is -0.581. The number of carbonyl (C=O) groups is 1. The predicted octanol–water partition coefficient (Wildman–Crippen LogP) is 3.65. The van der Waals surface area contributed by atoms with Gasteiger partial charge in [-0.25, -0.2) is 13.9 Å². The molecule has 0 spiro atoms. The van der Waals surface area contributed by atoms with Crippen molar-refractivity contribution in [3.8, 4) is 0 Å². The number of hydrogen-bond donors (Lipinski definition) is 2. The summed E-state index contributed by atoms with van der Waals surface area (Å²) in [5.41, 5.74) is 3.03. The highest BCUT2D eigenvalue weighted by molar-refractivity contribution is 7.89. The van der Waals surface area contributed by atoms with Gasteiger partial charge in [0.15, 0.2) is 0 Å². The molecule has 2 N–H and O–H groups in total. The molecule has 0 radical (unpaired) electrons. The first-order chi connectivity index (χ1) is 12.9. The average molecular weight is 423 g/mol. The molecule has 0 fully saturated rings. The smallest absolute Gasteiger partial charge is 0.284 e. The van der Waals surface area contributed by atoms with Gasteiger partial charge in [-0.1, -0.05) is 46.8 Å². The lowest BCUT2D eigenvalue weighted by Crippen LogP contribution is -2.44. The third-order valence-electron chi connectivity index (χ3n) is 5.03. The van der Waals surface area contributed by atoms with Gasteiger partial charge in [-0.2, -0.15) is 4.31 Å². The zero-order chi connectivity index (χ0) is 20.9. The van der Waals surface area contributed by atoms with E-state index in [1.807, 2.05) is 26.0 Å². The van der Waals surface area contributed by atoms with Gasteiger partial charge in [0, 0.05) is 23.4 Å². The van der Waals surface area contributed by atoms with Crippen LogP contribution in [0.2, 0.25) is 0 Å². The van der Waals surface area contributed by atoms with E-state index < -0.39 is 21.3 Å². The minimum atomic E-state index is -3.67. The molecular weight excluding hydrogens is 396 g/mol. The van der Waals surface area contributed by atoms with E-state index >= 15 is 0 Å². The van der Waals surface area contributed by atoms with E-state index in [0.717, 1.165) is 16.0 Å². The summed E-state index contributed by atoms with van der Waals surface area (Å²) in [5, 5.41) is 8.89. The first kappa shape index (κ1) is 21.0. The fourth-order valence-electron chi connectivity index (χ4n) is 3.49. The van der Waals surface area contributed by atoms with Crippen LogP contribution < -0.4 is 5.48 Å². The van der Waals surface area contributed by atoms with E-state index in [0.29, 0.717) is 11.4 Å². The Balaban J connectivity index is 1.96. The summed E-state index contributed by atoms with van der Waals surface area (Å²) in [4.78, 5) is 13.4. The maximum Gasteiger partial charge on any atom is 0.284 e. The van der Waals surface area contributed by atoms with Gasteiger partial charge in [0.25, 0.3) is 5.91 Å². The number of nitrogens with zero attached hydrogens (tertiary/aromatic N) is 1. The van der Waals surface area contributed by atoms with Crippen molar-refractivity contribution >= 4 is 27.3 Å². The number of carbonyl (C=O) groups excluding carboxylic acids is 1. The molecule has 0 saturated heterocycles. The number of sulfonamides is 1. The van der Waals surface area contributed by atoms with Crippen molar-refractivity contribution in [2.75, 3.05) is 6.54 Å². The van der Waals surface area contributed by atoms with Crippen molar-refractivity contribution < 1.29 is 18.4 Å². The summed E-state index contributed by atoms with van der Waals surface area (Å²) >= 11 is 1.29. The number of hydroxylamine groups is 1. The molecule has 1 aromatic carbocycles. The number of amides is 1. The molecule has 1 amide bonds. The molecule has 0 saturated carbocycles. The van der Waals surface area contributed by atoms with Crippen molar-refractivity contribution in [3.63, 3.8) is 0 Å². The van der Waals surface area contributed by atoms with Crippen molar-refractivity contribution in [1.82, 2.24) is 9.79 Å². The Kier molecular flexibility index (Phi) is 5.21. The quantitative estimate of drug-likeness (QED) is 0.584. The zero-order valence-corrected chi connectivity index (χ0v) is 18.4.